The summed E-state index contributed by atoms with van der Waals surface area (Å²) in [5.74, 6) is 0.540. The molecule has 1 N–H and O–H groups in total. The first-order chi connectivity index (χ1) is 9.54. The Morgan fingerprint density at radius 2 is 2.25 bits per heavy atom. The lowest BCUT2D eigenvalue weighted by Crippen LogP contribution is -2.27. The molecule has 0 aliphatic heterocycles. The molecule has 1 aromatic rings. The molecule has 0 aromatic carbocycles. The molecule has 1 aliphatic rings. The summed E-state index contributed by atoms with van der Waals surface area (Å²) in [5.41, 5.74) is 0.578. The predicted molar refractivity (Wildman–Crippen MR) is 78.1 cm³/mol. The summed E-state index contributed by atoms with van der Waals surface area (Å²) in [4.78, 5) is 13.1. The molecule has 1 aromatic heterocycles. The van der Waals surface area contributed by atoms with Gasteiger partial charge in [0.25, 0.3) is 0 Å². The van der Waals surface area contributed by atoms with Gasteiger partial charge in [-0.1, -0.05) is 6.92 Å². The van der Waals surface area contributed by atoms with Crippen LogP contribution < -0.4 is 5.32 Å². The van der Waals surface area contributed by atoms with Crippen molar-refractivity contribution in [2.45, 2.75) is 45.7 Å². The molecule has 0 amide bonds. The Labute approximate surface area is 119 Å². The summed E-state index contributed by atoms with van der Waals surface area (Å²) in [5, 5.41) is 18.6. The van der Waals surface area contributed by atoms with Crippen molar-refractivity contribution in [1.82, 2.24) is 14.7 Å². The average molecular weight is 281 g/mol. The largest absolute Gasteiger partial charge is 0.363 e. The zero-order valence-electron chi connectivity index (χ0n) is 12.4. The van der Waals surface area contributed by atoms with Gasteiger partial charge in [-0.3, -0.25) is 10.1 Å². The topological polar surface area (TPSA) is 76.2 Å². The van der Waals surface area contributed by atoms with Crippen LogP contribution in [0.25, 0.3) is 0 Å². The van der Waals surface area contributed by atoms with Crippen molar-refractivity contribution in [3.05, 3.63) is 15.8 Å². The molecule has 20 heavy (non-hydrogen) atoms. The Morgan fingerprint density at radius 3 is 2.80 bits per heavy atom. The van der Waals surface area contributed by atoms with Crippen LogP contribution in [0, 0.1) is 17.0 Å². The Bertz CT molecular complexity index is 481. The van der Waals surface area contributed by atoms with Gasteiger partial charge in [0.2, 0.25) is 5.82 Å². The second-order valence-electron chi connectivity index (χ2n) is 5.40. The molecule has 1 fully saturated rings. The first-order valence-electron chi connectivity index (χ1n) is 7.20. The van der Waals surface area contributed by atoms with E-state index in [0.29, 0.717) is 30.6 Å². The highest BCUT2D eigenvalue weighted by molar-refractivity contribution is 5.59. The van der Waals surface area contributed by atoms with Gasteiger partial charge in [0.1, 0.15) is 5.69 Å². The molecule has 2 rings (SSSR count). The van der Waals surface area contributed by atoms with E-state index >= 15 is 0 Å². The Balaban J connectivity index is 2.04. The molecule has 0 bridgehead atoms. The fourth-order valence-electron chi connectivity index (χ4n) is 2.39. The highest BCUT2D eigenvalue weighted by Gasteiger charge is 2.27. The molecule has 1 heterocycles. The highest BCUT2D eigenvalue weighted by atomic mass is 16.6. The summed E-state index contributed by atoms with van der Waals surface area (Å²) in [6, 6.07) is 0.703. The van der Waals surface area contributed by atoms with E-state index in [1.807, 2.05) is 6.92 Å². The number of nitrogens with zero attached hydrogens (tertiary/aromatic N) is 4. The fourth-order valence-corrected chi connectivity index (χ4v) is 2.39. The van der Waals surface area contributed by atoms with E-state index in [9.17, 15) is 10.1 Å². The number of nitro groups is 1. The molecule has 1 aliphatic carbocycles. The molecule has 0 unspecified atom stereocenters. The zero-order valence-corrected chi connectivity index (χ0v) is 12.4. The van der Waals surface area contributed by atoms with Gasteiger partial charge in [0, 0.05) is 25.7 Å². The number of hydrogen-bond donors (Lipinski definition) is 1. The molecule has 0 radical (unpaired) electrons. The van der Waals surface area contributed by atoms with E-state index in [-0.39, 0.29) is 10.6 Å². The number of rotatable bonds is 8. The summed E-state index contributed by atoms with van der Waals surface area (Å²) >= 11 is 0. The first-order valence-corrected chi connectivity index (χ1v) is 7.20. The number of hydrogen-bond acceptors (Lipinski definition) is 5. The molecule has 0 spiro atoms. The van der Waals surface area contributed by atoms with E-state index in [1.54, 1.807) is 11.6 Å². The number of anilines is 1. The van der Waals surface area contributed by atoms with E-state index in [4.69, 9.17) is 0 Å². The van der Waals surface area contributed by atoms with Gasteiger partial charge >= 0.3 is 5.69 Å². The van der Waals surface area contributed by atoms with Crippen LogP contribution in [-0.4, -0.2) is 45.8 Å². The molecule has 0 saturated heterocycles. The molecule has 112 valence electrons. The minimum atomic E-state index is -0.346. The first kappa shape index (κ1) is 14.8. The van der Waals surface area contributed by atoms with E-state index < -0.39 is 0 Å². The number of nitrogens with one attached hydrogen (secondary N) is 1. The van der Waals surface area contributed by atoms with Gasteiger partial charge in [0.05, 0.1) is 4.92 Å². The molecule has 7 heteroatoms. The maximum absolute atomic E-state index is 11.2. The Morgan fingerprint density at radius 1 is 1.55 bits per heavy atom. The lowest BCUT2D eigenvalue weighted by molar-refractivity contribution is -0.384. The lowest BCUT2D eigenvalue weighted by Gasteiger charge is -2.16. The van der Waals surface area contributed by atoms with Crippen molar-refractivity contribution < 1.29 is 4.92 Å². The standard InChI is InChI=1S/C13H23N5O2/c1-4-8-17-13(12(18(19)20)10(2)15-17)14-7-9-16(3)11-5-6-11/h11,14H,4-9H2,1-3H3. The van der Waals surface area contributed by atoms with Crippen LogP contribution in [-0.2, 0) is 6.54 Å². The van der Waals surface area contributed by atoms with Gasteiger partial charge in [-0.15, -0.1) is 0 Å². The predicted octanol–water partition coefficient (Wildman–Crippen LogP) is 2.02. The second kappa shape index (κ2) is 6.21. The zero-order chi connectivity index (χ0) is 14.7. The van der Waals surface area contributed by atoms with Gasteiger partial charge in [-0.25, -0.2) is 4.68 Å². The van der Waals surface area contributed by atoms with Crippen molar-refractivity contribution in [3.8, 4) is 0 Å². The highest BCUT2D eigenvalue weighted by Crippen LogP contribution is 2.28. The fraction of sp³-hybridized carbons (Fsp3) is 0.769. The minimum absolute atomic E-state index is 0.104. The van der Waals surface area contributed by atoms with Crippen LogP contribution in [0.2, 0.25) is 0 Å². The lowest BCUT2D eigenvalue weighted by atomic mass is 10.3. The van der Waals surface area contributed by atoms with Gasteiger partial charge in [0.15, 0.2) is 0 Å². The average Bonchev–Trinajstić information content (AvgIpc) is 3.16. The minimum Gasteiger partial charge on any atom is -0.363 e. The van der Waals surface area contributed by atoms with Crippen LogP contribution in [0.5, 0.6) is 0 Å². The Kier molecular flexibility index (Phi) is 4.59. The number of likely N-dealkylation sites (N-methyl/N-ethyl adjacent to an activating group) is 1. The molecule has 7 nitrogen and oxygen atoms in total. The SMILES string of the molecule is CCCn1nc(C)c([N+](=O)[O-])c1NCCN(C)C1CC1. The van der Waals surface area contributed by atoms with Crippen molar-refractivity contribution in [1.29, 1.82) is 0 Å². The van der Waals surface area contributed by atoms with Gasteiger partial charge in [-0.2, -0.15) is 5.10 Å². The van der Waals surface area contributed by atoms with Crippen LogP contribution in [0.1, 0.15) is 31.9 Å². The maximum Gasteiger partial charge on any atom is 0.333 e. The number of aromatic nitrogens is 2. The van der Waals surface area contributed by atoms with Crippen LogP contribution in [0.3, 0.4) is 0 Å². The summed E-state index contributed by atoms with van der Waals surface area (Å²) in [7, 11) is 2.10. The quantitative estimate of drug-likeness (QED) is 0.582. The molecular formula is C13H23N5O2. The van der Waals surface area contributed by atoms with E-state index in [1.165, 1.54) is 12.8 Å². The third-order valence-electron chi connectivity index (χ3n) is 3.64. The summed E-state index contributed by atoms with van der Waals surface area (Å²) < 4.78 is 1.71. The normalized spacial score (nSPS) is 14.8. The van der Waals surface area contributed by atoms with E-state index in [0.717, 1.165) is 13.0 Å². The molecule has 1 saturated carbocycles. The maximum atomic E-state index is 11.2. The second-order valence-corrected chi connectivity index (χ2v) is 5.40. The summed E-state index contributed by atoms with van der Waals surface area (Å²) in [6.07, 6.45) is 3.43. The van der Waals surface area contributed by atoms with Gasteiger partial charge < -0.3 is 10.2 Å². The van der Waals surface area contributed by atoms with Crippen molar-refractivity contribution >= 4 is 11.5 Å². The van der Waals surface area contributed by atoms with E-state index in [2.05, 4.69) is 22.4 Å². The van der Waals surface area contributed by atoms with Crippen LogP contribution >= 0.6 is 0 Å². The summed E-state index contributed by atoms with van der Waals surface area (Å²) in [6.45, 7) is 6.00. The Hall–Kier alpha value is -1.63. The van der Waals surface area contributed by atoms with Crippen molar-refractivity contribution in [2.75, 3.05) is 25.5 Å². The monoisotopic (exact) mass is 281 g/mol. The van der Waals surface area contributed by atoms with Crippen molar-refractivity contribution in [3.63, 3.8) is 0 Å². The van der Waals surface area contributed by atoms with Gasteiger partial charge in [-0.05, 0) is 33.2 Å². The molecule has 0 atom stereocenters. The third-order valence-corrected chi connectivity index (χ3v) is 3.64. The van der Waals surface area contributed by atoms with Crippen LogP contribution in [0.4, 0.5) is 11.5 Å². The smallest absolute Gasteiger partial charge is 0.333 e. The third kappa shape index (κ3) is 3.27. The number of aryl methyl sites for hydroxylation is 2. The van der Waals surface area contributed by atoms with Crippen molar-refractivity contribution in [2.24, 2.45) is 0 Å². The van der Waals surface area contributed by atoms with Crippen LogP contribution in [0.15, 0.2) is 0 Å². The molecular weight excluding hydrogens is 258 g/mol.